The largest absolute Gasteiger partial charge is 0.482 e. The first-order valence-electron chi connectivity index (χ1n) is 3.95. The van der Waals surface area contributed by atoms with Crippen LogP contribution in [0.4, 0.5) is 18.9 Å². The number of anilines is 1. The van der Waals surface area contributed by atoms with Crippen molar-refractivity contribution in [3.8, 4) is 5.75 Å². The zero-order valence-corrected chi connectivity index (χ0v) is 7.56. The van der Waals surface area contributed by atoms with Crippen molar-refractivity contribution in [2.45, 2.75) is 13.1 Å². The number of halogens is 3. The van der Waals surface area contributed by atoms with E-state index in [0.717, 1.165) is 0 Å². The number of hydrogen-bond acceptors (Lipinski definition) is 2. The Kier molecular flexibility index (Phi) is 2.88. The molecule has 0 aliphatic heterocycles. The standard InChI is InChI=1S/C9H10F3NO/c1-6-3-2-4-7(8(6)13)14-5-9(10,11)12/h2-4H,5,13H2,1H3. The lowest BCUT2D eigenvalue weighted by Gasteiger charge is -2.11. The number of hydrogen-bond donors (Lipinski definition) is 1. The lowest BCUT2D eigenvalue weighted by Crippen LogP contribution is -2.19. The van der Waals surface area contributed by atoms with Crippen molar-refractivity contribution >= 4 is 5.69 Å². The molecule has 0 amide bonds. The van der Waals surface area contributed by atoms with Gasteiger partial charge in [-0.2, -0.15) is 13.2 Å². The average Bonchev–Trinajstić information content (AvgIpc) is 2.06. The molecule has 1 aromatic carbocycles. The molecule has 0 heterocycles. The maximum Gasteiger partial charge on any atom is 0.422 e. The lowest BCUT2D eigenvalue weighted by molar-refractivity contribution is -0.153. The van der Waals surface area contributed by atoms with Crippen molar-refractivity contribution in [2.75, 3.05) is 12.3 Å². The van der Waals surface area contributed by atoms with Gasteiger partial charge in [-0.05, 0) is 18.6 Å². The summed E-state index contributed by atoms with van der Waals surface area (Å²) in [6.45, 7) is 0.385. The first kappa shape index (κ1) is 10.7. The fourth-order valence-corrected chi connectivity index (χ4v) is 0.939. The number of nitrogen functional groups attached to an aromatic ring is 1. The van der Waals surface area contributed by atoms with Gasteiger partial charge < -0.3 is 10.5 Å². The molecule has 0 saturated heterocycles. The molecule has 0 aromatic heterocycles. The summed E-state index contributed by atoms with van der Waals surface area (Å²) in [5.41, 5.74) is 6.47. The lowest BCUT2D eigenvalue weighted by atomic mass is 10.2. The Hall–Kier alpha value is -1.39. The van der Waals surface area contributed by atoms with Gasteiger partial charge >= 0.3 is 6.18 Å². The van der Waals surface area contributed by atoms with Crippen molar-refractivity contribution < 1.29 is 17.9 Å². The summed E-state index contributed by atoms with van der Waals surface area (Å²) < 4.78 is 40.0. The molecule has 1 aromatic rings. The minimum Gasteiger partial charge on any atom is -0.482 e. The Morgan fingerprint density at radius 3 is 2.57 bits per heavy atom. The van der Waals surface area contributed by atoms with Gasteiger partial charge in [0.2, 0.25) is 0 Å². The van der Waals surface area contributed by atoms with E-state index in [1.165, 1.54) is 6.07 Å². The molecule has 5 heteroatoms. The number of benzene rings is 1. The van der Waals surface area contributed by atoms with Crippen molar-refractivity contribution in [1.82, 2.24) is 0 Å². The Balaban J connectivity index is 2.73. The van der Waals surface area contributed by atoms with Crippen LogP contribution in [0.3, 0.4) is 0 Å². The number of nitrogens with two attached hydrogens (primary N) is 1. The monoisotopic (exact) mass is 205 g/mol. The molecule has 0 aliphatic rings. The molecule has 1 rings (SSSR count). The molecule has 14 heavy (non-hydrogen) atoms. The maximum absolute atomic E-state index is 11.8. The fraction of sp³-hybridized carbons (Fsp3) is 0.333. The molecule has 0 radical (unpaired) electrons. The molecule has 0 bridgehead atoms. The Morgan fingerprint density at radius 2 is 2.00 bits per heavy atom. The molecule has 0 unspecified atom stereocenters. The first-order valence-corrected chi connectivity index (χ1v) is 3.95. The SMILES string of the molecule is Cc1cccc(OCC(F)(F)F)c1N. The van der Waals surface area contributed by atoms with Gasteiger partial charge in [-0.15, -0.1) is 0 Å². The quantitative estimate of drug-likeness (QED) is 0.753. The normalized spacial score (nSPS) is 11.4. The van der Waals surface area contributed by atoms with E-state index < -0.39 is 12.8 Å². The third-order valence-electron chi connectivity index (χ3n) is 1.68. The number of ether oxygens (including phenoxy) is 1. The molecule has 0 aliphatic carbocycles. The molecular formula is C9H10F3NO. The number of rotatable bonds is 2. The highest BCUT2D eigenvalue weighted by molar-refractivity contribution is 5.57. The van der Waals surface area contributed by atoms with Gasteiger partial charge in [0.15, 0.2) is 6.61 Å². The van der Waals surface area contributed by atoms with Gasteiger partial charge in [-0.1, -0.05) is 12.1 Å². The predicted octanol–water partition coefficient (Wildman–Crippen LogP) is 2.52. The van der Waals surface area contributed by atoms with Crippen molar-refractivity contribution in [3.63, 3.8) is 0 Å². The van der Waals surface area contributed by atoms with Crippen LogP contribution in [0, 0.1) is 6.92 Å². The van der Waals surface area contributed by atoms with Gasteiger partial charge in [0, 0.05) is 0 Å². The van der Waals surface area contributed by atoms with Crippen molar-refractivity contribution in [2.24, 2.45) is 0 Å². The van der Waals surface area contributed by atoms with Crippen LogP contribution in [-0.2, 0) is 0 Å². The average molecular weight is 205 g/mol. The van der Waals surface area contributed by atoms with Crippen LogP contribution in [0.5, 0.6) is 5.75 Å². The Bertz CT molecular complexity index is 322. The number of aryl methyl sites for hydroxylation is 1. The number of para-hydroxylation sites is 1. The maximum atomic E-state index is 11.8. The first-order chi connectivity index (χ1) is 6.40. The molecule has 0 saturated carbocycles. The summed E-state index contributed by atoms with van der Waals surface area (Å²) in [4.78, 5) is 0. The highest BCUT2D eigenvalue weighted by Crippen LogP contribution is 2.26. The summed E-state index contributed by atoms with van der Waals surface area (Å²) >= 11 is 0. The zero-order chi connectivity index (χ0) is 10.8. The minimum absolute atomic E-state index is 0.0716. The summed E-state index contributed by atoms with van der Waals surface area (Å²) in [7, 11) is 0. The van der Waals surface area contributed by atoms with Crippen LogP contribution in [0.15, 0.2) is 18.2 Å². The molecule has 0 fully saturated rings. The molecule has 2 nitrogen and oxygen atoms in total. The van der Waals surface area contributed by atoms with E-state index in [9.17, 15) is 13.2 Å². The van der Waals surface area contributed by atoms with E-state index >= 15 is 0 Å². The third-order valence-corrected chi connectivity index (χ3v) is 1.68. The van der Waals surface area contributed by atoms with Crippen LogP contribution in [0.2, 0.25) is 0 Å². The van der Waals surface area contributed by atoms with E-state index in [1.54, 1.807) is 19.1 Å². The zero-order valence-electron chi connectivity index (χ0n) is 7.56. The van der Waals surface area contributed by atoms with Crippen LogP contribution in [-0.4, -0.2) is 12.8 Å². The summed E-state index contributed by atoms with van der Waals surface area (Å²) in [5.74, 6) is 0.0716. The smallest absolute Gasteiger partial charge is 0.422 e. The number of alkyl halides is 3. The second-order valence-electron chi connectivity index (χ2n) is 2.89. The molecule has 78 valence electrons. The van der Waals surface area contributed by atoms with Crippen LogP contribution < -0.4 is 10.5 Å². The third kappa shape index (κ3) is 2.83. The highest BCUT2D eigenvalue weighted by Gasteiger charge is 2.28. The summed E-state index contributed by atoms with van der Waals surface area (Å²) in [5, 5.41) is 0. The minimum atomic E-state index is -4.34. The predicted molar refractivity (Wildman–Crippen MR) is 47.1 cm³/mol. The topological polar surface area (TPSA) is 35.2 Å². The van der Waals surface area contributed by atoms with Crippen molar-refractivity contribution in [1.29, 1.82) is 0 Å². The van der Waals surface area contributed by atoms with E-state index in [-0.39, 0.29) is 11.4 Å². The highest BCUT2D eigenvalue weighted by atomic mass is 19.4. The second kappa shape index (κ2) is 3.77. The van der Waals surface area contributed by atoms with E-state index in [4.69, 9.17) is 5.73 Å². The summed E-state index contributed by atoms with van der Waals surface area (Å²) in [6, 6.07) is 4.71. The van der Waals surface area contributed by atoms with Gasteiger partial charge in [0.25, 0.3) is 0 Å². The van der Waals surface area contributed by atoms with Gasteiger partial charge in [-0.25, -0.2) is 0 Å². The Morgan fingerprint density at radius 1 is 1.36 bits per heavy atom. The second-order valence-corrected chi connectivity index (χ2v) is 2.89. The van der Waals surface area contributed by atoms with Crippen LogP contribution in [0.1, 0.15) is 5.56 Å². The van der Waals surface area contributed by atoms with Crippen LogP contribution >= 0.6 is 0 Å². The fourth-order valence-electron chi connectivity index (χ4n) is 0.939. The summed E-state index contributed by atoms with van der Waals surface area (Å²) in [6.07, 6.45) is -4.34. The van der Waals surface area contributed by atoms with E-state index in [2.05, 4.69) is 4.74 Å². The molecule has 2 N–H and O–H groups in total. The van der Waals surface area contributed by atoms with Crippen molar-refractivity contribution in [3.05, 3.63) is 23.8 Å². The van der Waals surface area contributed by atoms with Gasteiger partial charge in [0.1, 0.15) is 5.75 Å². The van der Waals surface area contributed by atoms with Gasteiger partial charge in [0.05, 0.1) is 5.69 Å². The van der Waals surface area contributed by atoms with Gasteiger partial charge in [-0.3, -0.25) is 0 Å². The van der Waals surface area contributed by atoms with E-state index in [0.29, 0.717) is 5.56 Å². The molecular weight excluding hydrogens is 195 g/mol. The molecule has 0 atom stereocenters. The Labute approximate surface area is 79.5 Å². The molecule has 0 spiro atoms. The van der Waals surface area contributed by atoms with E-state index in [1.807, 2.05) is 0 Å². The van der Waals surface area contributed by atoms with Crippen LogP contribution in [0.25, 0.3) is 0 Å².